The number of benzene rings is 1. The van der Waals surface area contributed by atoms with Gasteiger partial charge >= 0.3 is 0 Å². The van der Waals surface area contributed by atoms with Gasteiger partial charge in [0.05, 0.1) is 0 Å². The van der Waals surface area contributed by atoms with Gasteiger partial charge in [-0.1, -0.05) is 41.6 Å². The standard InChI is InChI=1S/C13H16ClN3S2/c1-3-11(15)7-9-6-10(14)4-5-12(9)19-13-17-16-8(2)18-13/h4-6,11H,3,7,15H2,1-2H3. The van der Waals surface area contributed by atoms with Crippen molar-refractivity contribution in [1.82, 2.24) is 10.2 Å². The summed E-state index contributed by atoms with van der Waals surface area (Å²) >= 11 is 9.30. The second-order valence-electron chi connectivity index (χ2n) is 4.31. The van der Waals surface area contributed by atoms with Crippen molar-refractivity contribution in [1.29, 1.82) is 0 Å². The molecule has 102 valence electrons. The summed E-state index contributed by atoms with van der Waals surface area (Å²) in [6.45, 7) is 4.05. The minimum Gasteiger partial charge on any atom is -0.327 e. The molecule has 2 N–H and O–H groups in total. The molecular weight excluding hydrogens is 298 g/mol. The van der Waals surface area contributed by atoms with Gasteiger partial charge in [0.25, 0.3) is 0 Å². The van der Waals surface area contributed by atoms with Gasteiger partial charge in [-0.15, -0.1) is 10.2 Å². The molecule has 0 saturated carbocycles. The first-order valence-electron chi connectivity index (χ1n) is 6.10. The zero-order valence-corrected chi connectivity index (χ0v) is 13.3. The number of aromatic nitrogens is 2. The lowest BCUT2D eigenvalue weighted by Crippen LogP contribution is -2.21. The number of nitrogens with zero attached hydrogens (tertiary/aromatic N) is 2. The van der Waals surface area contributed by atoms with Gasteiger partial charge in [-0.25, -0.2) is 0 Å². The molecule has 1 heterocycles. The van der Waals surface area contributed by atoms with E-state index in [1.807, 2.05) is 25.1 Å². The lowest BCUT2D eigenvalue weighted by atomic mass is 10.0. The van der Waals surface area contributed by atoms with Crippen molar-refractivity contribution in [3.8, 4) is 0 Å². The van der Waals surface area contributed by atoms with Crippen LogP contribution in [-0.4, -0.2) is 16.2 Å². The third kappa shape index (κ3) is 4.18. The highest BCUT2D eigenvalue weighted by Gasteiger charge is 2.11. The molecule has 0 aliphatic carbocycles. The molecule has 1 aromatic heterocycles. The van der Waals surface area contributed by atoms with Gasteiger partial charge < -0.3 is 5.73 Å². The van der Waals surface area contributed by atoms with E-state index < -0.39 is 0 Å². The summed E-state index contributed by atoms with van der Waals surface area (Å²) in [5, 5.41) is 9.90. The summed E-state index contributed by atoms with van der Waals surface area (Å²) in [5.74, 6) is 0. The number of nitrogens with two attached hydrogens (primary N) is 1. The minimum atomic E-state index is 0.161. The number of halogens is 1. The first-order chi connectivity index (χ1) is 9.08. The molecular formula is C13H16ClN3S2. The molecule has 1 atom stereocenters. The Bertz CT molecular complexity index is 557. The Morgan fingerprint density at radius 3 is 2.84 bits per heavy atom. The zero-order valence-electron chi connectivity index (χ0n) is 10.9. The van der Waals surface area contributed by atoms with Crippen LogP contribution in [0.2, 0.25) is 5.02 Å². The average Bonchev–Trinajstić information content (AvgIpc) is 2.78. The summed E-state index contributed by atoms with van der Waals surface area (Å²) in [6.07, 6.45) is 1.78. The molecule has 19 heavy (non-hydrogen) atoms. The Labute approximate surface area is 126 Å². The lowest BCUT2D eigenvalue weighted by molar-refractivity contribution is 0.641. The van der Waals surface area contributed by atoms with Crippen molar-refractivity contribution in [3.63, 3.8) is 0 Å². The number of hydrogen-bond acceptors (Lipinski definition) is 5. The molecule has 1 unspecified atom stereocenters. The van der Waals surface area contributed by atoms with E-state index in [9.17, 15) is 0 Å². The van der Waals surface area contributed by atoms with Gasteiger partial charge in [0.2, 0.25) is 0 Å². The maximum Gasteiger partial charge on any atom is 0.179 e. The van der Waals surface area contributed by atoms with Crippen LogP contribution >= 0.6 is 34.7 Å². The van der Waals surface area contributed by atoms with E-state index in [4.69, 9.17) is 17.3 Å². The second-order valence-corrected chi connectivity index (χ2v) is 7.22. The van der Waals surface area contributed by atoms with Crippen molar-refractivity contribution >= 4 is 34.7 Å². The number of aryl methyl sites for hydroxylation is 1. The van der Waals surface area contributed by atoms with Gasteiger partial charge in [0.1, 0.15) is 5.01 Å². The molecule has 0 radical (unpaired) electrons. The molecule has 2 rings (SSSR count). The third-order valence-electron chi connectivity index (χ3n) is 2.73. The smallest absolute Gasteiger partial charge is 0.179 e. The van der Waals surface area contributed by atoms with E-state index in [2.05, 4.69) is 17.1 Å². The van der Waals surface area contributed by atoms with Gasteiger partial charge in [0.15, 0.2) is 4.34 Å². The molecule has 3 nitrogen and oxygen atoms in total. The van der Waals surface area contributed by atoms with Crippen LogP contribution < -0.4 is 5.73 Å². The van der Waals surface area contributed by atoms with E-state index in [0.29, 0.717) is 0 Å². The van der Waals surface area contributed by atoms with Gasteiger partial charge in [0, 0.05) is 16.0 Å². The second kappa shape index (κ2) is 6.70. The Kier molecular flexibility index (Phi) is 5.21. The van der Waals surface area contributed by atoms with Crippen LogP contribution in [-0.2, 0) is 6.42 Å². The van der Waals surface area contributed by atoms with E-state index in [-0.39, 0.29) is 6.04 Å². The maximum absolute atomic E-state index is 6.08. The Balaban J connectivity index is 2.23. The highest BCUT2D eigenvalue weighted by Crippen LogP contribution is 2.34. The van der Waals surface area contributed by atoms with Gasteiger partial charge in [-0.05, 0) is 43.5 Å². The normalized spacial score (nSPS) is 12.6. The summed E-state index contributed by atoms with van der Waals surface area (Å²) in [4.78, 5) is 1.16. The topological polar surface area (TPSA) is 51.8 Å². The Hall–Kier alpha value is -0.620. The summed E-state index contributed by atoms with van der Waals surface area (Å²) < 4.78 is 0.950. The van der Waals surface area contributed by atoms with Crippen molar-refractivity contribution in [3.05, 3.63) is 33.8 Å². The molecule has 0 aliphatic rings. The minimum absolute atomic E-state index is 0.161. The predicted octanol–water partition coefficient (Wildman–Crippen LogP) is 3.93. The Morgan fingerprint density at radius 1 is 1.42 bits per heavy atom. The predicted molar refractivity (Wildman–Crippen MR) is 82.2 cm³/mol. The van der Waals surface area contributed by atoms with Gasteiger partial charge in [-0.2, -0.15) is 0 Å². The largest absolute Gasteiger partial charge is 0.327 e. The molecule has 0 aliphatic heterocycles. The molecule has 0 bridgehead atoms. The highest BCUT2D eigenvalue weighted by atomic mass is 35.5. The van der Waals surface area contributed by atoms with Crippen molar-refractivity contribution < 1.29 is 0 Å². The molecule has 0 spiro atoms. The monoisotopic (exact) mass is 313 g/mol. The molecule has 2 aromatic rings. The van der Waals surface area contributed by atoms with Crippen LogP contribution in [0.3, 0.4) is 0 Å². The van der Waals surface area contributed by atoms with E-state index in [0.717, 1.165) is 32.1 Å². The summed E-state index contributed by atoms with van der Waals surface area (Å²) in [6, 6.07) is 6.09. The van der Waals surface area contributed by atoms with Crippen molar-refractivity contribution in [2.45, 2.75) is 42.0 Å². The molecule has 0 fully saturated rings. The average molecular weight is 314 g/mol. The van der Waals surface area contributed by atoms with Crippen molar-refractivity contribution in [2.24, 2.45) is 5.73 Å². The van der Waals surface area contributed by atoms with Crippen molar-refractivity contribution in [2.75, 3.05) is 0 Å². The quantitative estimate of drug-likeness (QED) is 0.908. The molecule has 6 heteroatoms. The summed E-state index contributed by atoms with van der Waals surface area (Å²) in [5.41, 5.74) is 7.22. The fourth-order valence-electron chi connectivity index (χ4n) is 1.65. The van der Waals surface area contributed by atoms with E-state index in [1.54, 1.807) is 23.1 Å². The Morgan fingerprint density at radius 2 is 2.21 bits per heavy atom. The first-order valence-corrected chi connectivity index (χ1v) is 8.11. The maximum atomic E-state index is 6.08. The fourth-order valence-corrected chi connectivity index (χ4v) is 3.74. The molecule has 1 aromatic carbocycles. The van der Waals surface area contributed by atoms with Crippen LogP contribution in [0.4, 0.5) is 0 Å². The summed E-state index contributed by atoms with van der Waals surface area (Å²) in [7, 11) is 0. The number of hydrogen-bond donors (Lipinski definition) is 1. The van der Waals surface area contributed by atoms with Crippen LogP contribution in [0.25, 0.3) is 0 Å². The van der Waals surface area contributed by atoms with Crippen LogP contribution in [0.1, 0.15) is 23.9 Å². The van der Waals surface area contributed by atoms with E-state index in [1.165, 1.54) is 5.56 Å². The highest BCUT2D eigenvalue weighted by molar-refractivity contribution is 8.01. The van der Waals surface area contributed by atoms with E-state index >= 15 is 0 Å². The van der Waals surface area contributed by atoms with Crippen LogP contribution in [0.15, 0.2) is 27.4 Å². The molecule has 0 saturated heterocycles. The fraction of sp³-hybridized carbons (Fsp3) is 0.385. The lowest BCUT2D eigenvalue weighted by Gasteiger charge is -2.12. The SMILES string of the molecule is CCC(N)Cc1cc(Cl)ccc1Sc1nnc(C)s1. The number of rotatable bonds is 5. The third-order valence-corrected chi connectivity index (χ3v) is 4.98. The van der Waals surface area contributed by atoms with Crippen LogP contribution in [0.5, 0.6) is 0 Å². The molecule has 0 amide bonds. The van der Waals surface area contributed by atoms with Gasteiger partial charge in [-0.3, -0.25) is 0 Å². The zero-order chi connectivity index (χ0) is 13.8. The first kappa shape index (κ1) is 14.8. The van der Waals surface area contributed by atoms with Crippen LogP contribution in [0, 0.1) is 6.92 Å².